The van der Waals surface area contributed by atoms with Crippen molar-refractivity contribution in [2.75, 3.05) is 15.7 Å². The van der Waals surface area contributed by atoms with Crippen molar-refractivity contribution in [3.05, 3.63) is 60.7 Å². The fraction of sp³-hybridized carbons (Fsp3) is 0.0714. The third kappa shape index (κ3) is 3.32. The largest absolute Gasteiger partial charge is 0.350 e. The number of urea groups is 1. The number of rotatable bonds is 4. The SMILES string of the molecule is CS(=O)(=O)N(c1ccccc1)N(C(N)=O)c1ccccc1. The number of amides is 2. The van der Waals surface area contributed by atoms with E-state index in [-0.39, 0.29) is 0 Å². The van der Waals surface area contributed by atoms with E-state index in [0.717, 1.165) is 15.7 Å². The van der Waals surface area contributed by atoms with E-state index in [1.807, 2.05) is 0 Å². The highest BCUT2D eigenvalue weighted by molar-refractivity contribution is 7.92. The highest BCUT2D eigenvalue weighted by atomic mass is 32.2. The van der Waals surface area contributed by atoms with Gasteiger partial charge in [0.05, 0.1) is 17.6 Å². The van der Waals surface area contributed by atoms with Crippen molar-refractivity contribution in [1.29, 1.82) is 0 Å². The Kier molecular flexibility index (Phi) is 4.13. The van der Waals surface area contributed by atoms with Gasteiger partial charge in [-0.1, -0.05) is 36.4 Å². The topological polar surface area (TPSA) is 83.7 Å². The van der Waals surface area contributed by atoms with Crippen molar-refractivity contribution in [2.24, 2.45) is 5.73 Å². The summed E-state index contributed by atoms with van der Waals surface area (Å²) in [5.41, 5.74) is 6.07. The quantitative estimate of drug-likeness (QED) is 0.876. The van der Waals surface area contributed by atoms with Gasteiger partial charge in [0.2, 0.25) is 10.0 Å². The predicted molar refractivity (Wildman–Crippen MR) is 82.3 cm³/mol. The van der Waals surface area contributed by atoms with Crippen LogP contribution in [0.5, 0.6) is 0 Å². The lowest BCUT2D eigenvalue weighted by Gasteiger charge is -2.33. The van der Waals surface area contributed by atoms with Crippen LogP contribution < -0.4 is 15.2 Å². The van der Waals surface area contributed by atoms with Crippen LogP contribution in [0.15, 0.2) is 60.7 Å². The number of hydrogen-bond acceptors (Lipinski definition) is 3. The molecule has 2 aromatic rings. The highest BCUT2D eigenvalue weighted by Crippen LogP contribution is 2.24. The highest BCUT2D eigenvalue weighted by Gasteiger charge is 2.29. The first-order valence-electron chi connectivity index (χ1n) is 6.11. The monoisotopic (exact) mass is 305 g/mol. The molecule has 0 bridgehead atoms. The van der Waals surface area contributed by atoms with Gasteiger partial charge in [0, 0.05) is 0 Å². The number of nitrogens with zero attached hydrogens (tertiary/aromatic N) is 2. The standard InChI is InChI=1S/C14H15N3O3S/c1-21(19,20)17(13-10-6-3-7-11-13)16(14(15)18)12-8-4-2-5-9-12/h2-11H,1H3,(H2,15,18). The molecule has 0 aliphatic carbocycles. The number of para-hydroxylation sites is 2. The number of hydrogen-bond donors (Lipinski definition) is 1. The van der Waals surface area contributed by atoms with E-state index >= 15 is 0 Å². The number of carbonyl (C=O) groups is 1. The summed E-state index contributed by atoms with van der Waals surface area (Å²) in [6.07, 6.45) is 1.01. The van der Waals surface area contributed by atoms with E-state index in [1.54, 1.807) is 60.7 Å². The zero-order chi connectivity index (χ0) is 15.5. The molecule has 0 heterocycles. The molecular weight excluding hydrogens is 290 g/mol. The first-order chi connectivity index (χ1) is 9.91. The Balaban J connectivity index is 2.61. The maximum atomic E-state index is 12.1. The van der Waals surface area contributed by atoms with Crippen LogP contribution in [0.1, 0.15) is 0 Å². The summed E-state index contributed by atoms with van der Waals surface area (Å²) in [5.74, 6) is 0. The van der Waals surface area contributed by atoms with E-state index in [4.69, 9.17) is 5.73 Å². The van der Waals surface area contributed by atoms with Crippen molar-refractivity contribution >= 4 is 27.4 Å². The second-order valence-electron chi connectivity index (χ2n) is 4.33. The van der Waals surface area contributed by atoms with Crippen LogP contribution in [-0.2, 0) is 10.0 Å². The number of benzene rings is 2. The fourth-order valence-electron chi connectivity index (χ4n) is 1.90. The molecule has 0 aliphatic heterocycles. The first kappa shape index (κ1) is 14.9. The smallest absolute Gasteiger partial charge is 0.339 e. The molecule has 2 rings (SSSR count). The molecule has 0 fully saturated rings. The number of sulfonamides is 1. The summed E-state index contributed by atoms with van der Waals surface area (Å²) in [6.45, 7) is 0. The maximum absolute atomic E-state index is 12.1. The van der Waals surface area contributed by atoms with E-state index in [2.05, 4.69) is 0 Å². The Morgan fingerprint density at radius 1 is 0.905 bits per heavy atom. The molecule has 2 amide bonds. The van der Waals surface area contributed by atoms with Gasteiger partial charge in [-0.3, -0.25) is 0 Å². The molecular formula is C14H15N3O3S. The predicted octanol–water partition coefficient (Wildman–Crippen LogP) is 1.95. The van der Waals surface area contributed by atoms with Crippen LogP contribution in [0.2, 0.25) is 0 Å². The molecule has 6 nitrogen and oxygen atoms in total. The van der Waals surface area contributed by atoms with Crippen molar-refractivity contribution in [1.82, 2.24) is 0 Å². The second-order valence-corrected chi connectivity index (χ2v) is 6.14. The second kappa shape index (κ2) is 5.84. The molecule has 0 atom stereocenters. The number of primary amides is 1. The molecule has 2 N–H and O–H groups in total. The van der Waals surface area contributed by atoms with Gasteiger partial charge in [-0.05, 0) is 24.3 Å². The van der Waals surface area contributed by atoms with E-state index in [9.17, 15) is 13.2 Å². The van der Waals surface area contributed by atoms with Crippen molar-refractivity contribution in [3.8, 4) is 0 Å². The molecule has 0 aliphatic rings. The fourth-order valence-corrected chi connectivity index (χ4v) is 2.88. The number of hydrazine groups is 1. The zero-order valence-electron chi connectivity index (χ0n) is 11.4. The Labute approximate surface area is 123 Å². The van der Waals surface area contributed by atoms with Gasteiger partial charge in [-0.2, -0.15) is 9.42 Å². The number of nitrogens with two attached hydrogens (primary N) is 1. The Morgan fingerprint density at radius 3 is 1.71 bits per heavy atom. The van der Waals surface area contributed by atoms with Crippen molar-refractivity contribution in [3.63, 3.8) is 0 Å². The van der Waals surface area contributed by atoms with Gasteiger partial charge in [0.15, 0.2) is 0 Å². The third-order valence-corrected chi connectivity index (χ3v) is 3.68. The summed E-state index contributed by atoms with van der Waals surface area (Å²) in [4.78, 5) is 11.8. The summed E-state index contributed by atoms with van der Waals surface area (Å²) in [6, 6.07) is 15.7. The Hall–Kier alpha value is -2.54. The molecule has 0 saturated heterocycles. The minimum atomic E-state index is -3.75. The maximum Gasteiger partial charge on any atom is 0.339 e. The van der Waals surface area contributed by atoms with Gasteiger partial charge >= 0.3 is 6.03 Å². The van der Waals surface area contributed by atoms with Crippen molar-refractivity contribution < 1.29 is 13.2 Å². The summed E-state index contributed by atoms with van der Waals surface area (Å²) in [5, 5.41) is 0.921. The third-order valence-electron chi connectivity index (χ3n) is 2.68. The minimum absolute atomic E-state index is 0.322. The molecule has 0 unspecified atom stereocenters. The van der Waals surface area contributed by atoms with Crippen LogP contribution in [0.3, 0.4) is 0 Å². The summed E-state index contributed by atoms with van der Waals surface area (Å²) >= 11 is 0. The van der Waals surface area contributed by atoms with Gasteiger partial charge in [-0.25, -0.2) is 13.2 Å². The molecule has 110 valence electrons. The molecule has 2 aromatic carbocycles. The van der Waals surface area contributed by atoms with E-state index in [0.29, 0.717) is 11.4 Å². The first-order valence-corrected chi connectivity index (χ1v) is 7.96. The molecule has 0 spiro atoms. The lowest BCUT2D eigenvalue weighted by atomic mass is 10.3. The normalized spacial score (nSPS) is 10.9. The van der Waals surface area contributed by atoms with Crippen molar-refractivity contribution in [2.45, 2.75) is 0 Å². The lowest BCUT2D eigenvalue weighted by molar-refractivity contribution is 0.254. The van der Waals surface area contributed by atoms with Gasteiger partial charge in [-0.15, -0.1) is 0 Å². The molecule has 0 saturated carbocycles. The summed E-state index contributed by atoms with van der Waals surface area (Å²) < 4.78 is 25.1. The average molecular weight is 305 g/mol. The molecule has 21 heavy (non-hydrogen) atoms. The number of anilines is 2. The molecule has 0 radical (unpaired) electrons. The Bertz CT molecular complexity index is 718. The van der Waals surface area contributed by atoms with Gasteiger partial charge in [0.25, 0.3) is 0 Å². The van der Waals surface area contributed by atoms with Crippen LogP contribution in [0, 0.1) is 0 Å². The van der Waals surface area contributed by atoms with E-state index in [1.165, 1.54) is 0 Å². The summed E-state index contributed by atoms with van der Waals surface area (Å²) in [7, 11) is -3.75. The Morgan fingerprint density at radius 2 is 1.33 bits per heavy atom. The molecule has 0 aromatic heterocycles. The van der Waals surface area contributed by atoms with E-state index < -0.39 is 16.1 Å². The minimum Gasteiger partial charge on any atom is -0.350 e. The number of carbonyl (C=O) groups excluding carboxylic acids is 1. The van der Waals surface area contributed by atoms with Gasteiger partial charge < -0.3 is 5.73 Å². The molecule has 7 heteroatoms. The van der Waals surface area contributed by atoms with Crippen LogP contribution in [0.4, 0.5) is 16.2 Å². The average Bonchev–Trinajstić information content (AvgIpc) is 2.44. The lowest BCUT2D eigenvalue weighted by Crippen LogP contribution is -2.52. The zero-order valence-corrected chi connectivity index (χ0v) is 12.2. The van der Waals surface area contributed by atoms with Gasteiger partial charge in [0.1, 0.15) is 0 Å². The van der Waals surface area contributed by atoms with Crippen LogP contribution in [-0.4, -0.2) is 20.7 Å². The van der Waals surface area contributed by atoms with Crippen LogP contribution in [0.25, 0.3) is 0 Å². The van der Waals surface area contributed by atoms with Crippen LogP contribution >= 0.6 is 0 Å².